The first-order valence-electron chi connectivity index (χ1n) is 9.38. The number of hydrogen-bond donors (Lipinski definition) is 2. The van der Waals surface area contributed by atoms with Gasteiger partial charge in [0.1, 0.15) is 11.3 Å². The van der Waals surface area contributed by atoms with Crippen LogP contribution in [0.3, 0.4) is 0 Å². The summed E-state index contributed by atoms with van der Waals surface area (Å²) in [5, 5.41) is 7.78. The predicted octanol–water partition coefficient (Wildman–Crippen LogP) is 4.73. The van der Waals surface area contributed by atoms with E-state index in [4.69, 9.17) is 32.4 Å². The minimum absolute atomic E-state index is 0.0187. The third kappa shape index (κ3) is 3.40. The molecular formula is C21H19Cl2N3O3. The summed E-state index contributed by atoms with van der Waals surface area (Å²) in [6.07, 6.45) is 2.52. The molecule has 6 nitrogen and oxygen atoms in total. The average Bonchev–Trinajstić information content (AvgIpc) is 3.01. The molecule has 3 fully saturated rings. The van der Waals surface area contributed by atoms with Crippen LogP contribution in [0.5, 0.6) is 5.75 Å². The maximum absolute atomic E-state index is 12.3. The van der Waals surface area contributed by atoms with Crippen LogP contribution in [0.25, 0.3) is 11.1 Å². The number of oxazole rings is 1. The number of aromatic nitrogens is 1. The van der Waals surface area contributed by atoms with E-state index in [0.29, 0.717) is 27.4 Å². The fourth-order valence-corrected chi connectivity index (χ4v) is 4.71. The van der Waals surface area contributed by atoms with Crippen molar-refractivity contribution in [3.63, 3.8) is 0 Å². The number of carbonyl (C=O) groups excluding carboxylic acids is 1. The molecule has 0 radical (unpaired) electrons. The van der Waals surface area contributed by atoms with Crippen molar-refractivity contribution in [3.8, 4) is 5.75 Å². The topological polar surface area (TPSA) is 76.4 Å². The van der Waals surface area contributed by atoms with E-state index < -0.39 is 0 Å². The number of nitrogens with zero attached hydrogens (tertiary/aromatic N) is 1. The van der Waals surface area contributed by atoms with E-state index in [1.807, 2.05) is 19.1 Å². The molecule has 2 N–H and O–H groups in total. The Bertz CT molecular complexity index is 1110. The highest BCUT2D eigenvalue weighted by Gasteiger charge is 2.69. The molecule has 2 aromatic carbocycles. The van der Waals surface area contributed by atoms with Crippen molar-refractivity contribution in [1.29, 1.82) is 0 Å². The van der Waals surface area contributed by atoms with Crippen molar-refractivity contribution in [1.82, 2.24) is 10.3 Å². The highest BCUT2D eigenvalue weighted by molar-refractivity contribution is 6.31. The molecule has 150 valence electrons. The SMILES string of the molecule is Cc1cc(OCC(=O)NC23CC(Nc4nc5cc(Cl)ccc5o4)(C2)C3)ccc1Cl. The van der Waals surface area contributed by atoms with Crippen LogP contribution < -0.4 is 15.4 Å². The lowest BCUT2D eigenvalue weighted by atomic mass is 9.44. The number of nitrogens with one attached hydrogen (secondary N) is 2. The smallest absolute Gasteiger partial charge is 0.296 e. The Labute approximate surface area is 177 Å². The van der Waals surface area contributed by atoms with E-state index in [1.165, 1.54) is 0 Å². The van der Waals surface area contributed by atoms with Gasteiger partial charge in [0, 0.05) is 21.1 Å². The third-order valence-corrected chi connectivity index (χ3v) is 6.32. The summed E-state index contributed by atoms with van der Waals surface area (Å²) in [7, 11) is 0. The van der Waals surface area contributed by atoms with Gasteiger partial charge < -0.3 is 19.8 Å². The number of fused-ring (bicyclic) bond motifs is 1. The molecule has 3 saturated carbocycles. The maximum atomic E-state index is 12.3. The van der Waals surface area contributed by atoms with Crippen LogP contribution >= 0.6 is 23.2 Å². The second kappa shape index (κ2) is 6.54. The fraction of sp³-hybridized carbons (Fsp3) is 0.333. The molecule has 3 aromatic rings. The van der Waals surface area contributed by atoms with Crippen LogP contribution in [0.4, 0.5) is 6.01 Å². The molecule has 6 rings (SSSR count). The van der Waals surface area contributed by atoms with Gasteiger partial charge >= 0.3 is 0 Å². The van der Waals surface area contributed by atoms with Crippen molar-refractivity contribution in [2.45, 2.75) is 37.3 Å². The number of amides is 1. The number of hydrogen-bond acceptors (Lipinski definition) is 5. The Kier molecular flexibility index (Phi) is 4.19. The van der Waals surface area contributed by atoms with Crippen molar-refractivity contribution < 1.29 is 13.9 Å². The van der Waals surface area contributed by atoms with Gasteiger partial charge in [0.25, 0.3) is 11.9 Å². The molecule has 3 aliphatic carbocycles. The lowest BCUT2D eigenvalue weighted by molar-refractivity contribution is -0.135. The Balaban J connectivity index is 1.13. The number of halogens is 2. The normalized spacial score (nSPS) is 24.5. The fourth-order valence-electron chi connectivity index (χ4n) is 4.42. The Morgan fingerprint density at radius 1 is 1.17 bits per heavy atom. The summed E-state index contributed by atoms with van der Waals surface area (Å²) >= 11 is 12.0. The van der Waals surface area contributed by atoms with Gasteiger partial charge in [0.2, 0.25) is 0 Å². The van der Waals surface area contributed by atoms with Gasteiger partial charge in [-0.05, 0) is 68.1 Å². The predicted molar refractivity (Wildman–Crippen MR) is 112 cm³/mol. The minimum atomic E-state index is -0.154. The summed E-state index contributed by atoms with van der Waals surface area (Å²) in [6, 6.07) is 11.2. The van der Waals surface area contributed by atoms with E-state index in [9.17, 15) is 4.79 Å². The van der Waals surface area contributed by atoms with Gasteiger partial charge in [-0.2, -0.15) is 4.98 Å². The first kappa shape index (κ1) is 18.6. The van der Waals surface area contributed by atoms with E-state index in [0.717, 1.165) is 30.3 Å². The quantitative estimate of drug-likeness (QED) is 0.589. The van der Waals surface area contributed by atoms with Crippen LogP contribution in [0.15, 0.2) is 40.8 Å². The maximum Gasteiger partial charge on any atom is 0.296 e. The number of carbonyl (C=O) groups is 1. The molecule has 0 aliphatic heterocycles. The Morgan fingerprint density at radius 3 is 2.72 bits per heavy atom. The average molecular weight is 432 g/mol. The first-order valence-corrected chi connectivity index (χ1v) is 10.1. The zero-order valence-corrected chi connectivity index (χ0v) is 17.2. The van der Waals surface area contributed by atoms with Crippen molar-refractivity contribution in [3.05, 3.63) is 52.0 Å². The van der Waals surface area contributed by atoms with Crippen LogP contribution in [-0.2, 0) is 4.79 Å². The van der Waals surface area contributed by atoms with E-state index in [2.05, 4.69) is 15.6 Å². The van der Waals surface area contributed by atoms with Crippen molar-refractivity contribution in [2.75, 3.05) is 11.9 Å². The van der Waals surface area contributed by atoms with Crippen LogP contribution in [0.2, 0.25) is 10.0 Å². The summed E-state index contributed by atoms with van der Waals surface area (Å²) in [4.78, 5) is 16.7. The molecule has 8 heteroatoms. The van der Waals surface area contributed by atoms with E-state index in [-0.39, 0.29) is 23.6 Å². The molecule has 1 heterocycles. The molecule has 2 bridgehead atoms. The molecule has 3 aliphatic rings. The second-order valence-corrected chi connectivity index (χ2v) is 8.94. The molecule has 1 aromatic heterocycles. The molecular weight excluding hydrogens is 413 g/mol. The highest BCUT2D eigenvalue weighted by Crippen LogP contribution is 2.61. The van der Waals surface area contributed by atoms with E-state index in [1.54, 1.807) is 24.3 Å². The van der Waals surface area contributed by atoms with Gasteiger partial charge in [-0.3, -0.25) is 4.79 Å². The zero-order chi connectivity index (χ0) is 20.2. The number of anilines is 1. The van der Waals surface area contributed by atoms with Gasteiger partial charge in [-0.15, -0.1) is 0 Å². The molecule has 1 amide bonds. The minimum Gasteiger partial charge on any atom is -0.484 e. The molecule has 0 atom stereocenters. The standard InChI is InChI=1S/C21H19Cl2N3O3/c1-12-6-14(3-4-15(12)23)28-8-18(27)25-20-9-21(10-20,11-20)26-19-24-16-7-13(22)2-5-17(16)29-19/h2-7H,8-11H2,1H3,(H,24,26)(H,25,27). The Hall–Kier alpha value is -2.44. The molecule has 0 spiro atoms. The largest absolute Gasteiger partial charge is 0.484 e. The first-order chi connectivity index (χ1) is 13.8. The molecule has 0 unspecified atom stereocenters. The number of ether oxygens (including phenoxy) is 1. The zero-order valence-electron chi connectivity index (χ0n) is 15.7. The second-order valence-electron chi connectivity index (χ2n) is 8.09. The third-order valence-electron chi connectivity index (χ3n) is 5.66. The van der Waals surface area contributed by atoms with Gasteiger partial charge in [0.15, 0.2) is 12.2 Å². The van der Waals surface area contributed by atoms with E-state index >= 15 is 0 Å². The van der Waals surface area contributed by atoms with Crippen LogP contribution in [-0.4, -0.2) is 28.6 Å². The summed E-state index contributed by atoms with van der Waals surface area (Å²) in [5.74, 6) is 0.510. The van der Waals surface area contributed by atoms with Crippen LogP contribution in [0, 0.1) is 6.92 Å². The van der Waals surface area contributed by atoms with Gasteiger partial charge in [-0.1, -0.05) is 23.2 Å². The lowest BCUT2D eigenvalue weighted by Crippen LogP contribution is -2.81. The number of aryl methyl sites for hydroxylation is 1. The highest BCUT2D eigenvalue weighted by atomic mass is 35.5. The van der Waals surface area contributed by atoms with Crippen molar-refractivity contribution >= 4 is 46.2 Å². The summed E-state index contributed by atoms with van der Waals surface area (Å²) in [6.45, 7) is 1.88. The van der Waals surface area contributed by atoms with Crippen LogP contribution in [0.1, 0.15) is 24.8 Å². The lowest BCUT2D eigenvalue weighted by Gasteiger charge is -2.70. The molecule has 0 saturated heterocycles. The van der Waals surface area contributed by atoms with Gasteiger partial charge in [-0.25, -0.2) is 0 Å². The monoisotopic (exact) mass is 431 g/mol. The van der Waals surface area contributed by atoms with Crippen molar-refractivity contribution in [2.24, 2.45) is 0 Å². The number of rotatable bonds is 6. The molecule has 29 heavy (non-hydrogen) atoms. The van der Waals surface area contributed by atoms with Gasteiger partial charge in [0.05, 0.1) is 0 Å². The summed E-state index contributed by atoms with van der Waals surface area (Å²) in [5.41, 5.74) is 2.12. The Morgan fingerprint density at radius 2 is 1.97 bits per heavy atom. The number of benzene rings is 2. The summed E-state index contributed by atoms with van der Waals surface area (Å²) < 4.78 is 11.3.